The standard InChI is InChI=1S/Al.2Ni.H3O4P/c;;;1-5(2,3)4/h;;;(H3,1,2,3,4)/q+3;2*+2;/p-3. The molecule has 0 fully saturated rings. The Morgan fingerprint density at radius 3 is 1.00 bits per heavy atom. The zero-order chi connectivity index (χ0) is 4.50. The summed E-state index contributed by atoms with van der Waals surface area (Å²) in [5.74, 6) is 0. The predicted octanol–water partition coefficient (Wildman–Crippen LogP) is -3.21. The summed E-state index contributed by atoms with van der Waals surface area (Å²) >= 11 is 0. The zero-order valence-electron chi connectivity index (χ0n) is 3.29. The SMILES string of the molecule is O=P([O-])([O-])[O-].[Al+3].[Ni+2].[Ni+2]. The Hall–Kier alpha value is 1.63. The predicted molar refractivity (Wildman–Crippen MR) is 13.4 cm³/mol. The van der Waals surface area contributed by atoms with Crippen LogP contribution in [0.1, 0.15) is 0 Å². The number of phosphoric acid groups is 1. The van der Waals surface area contributed by atoms with Gasteiger partial charge in [0.2, 0.25) is 0 Å². The van der Waals surface area contributed by atoms with Crippen molar-refractivity contribution < 1.29 is 52.2 Å². The van der Waals surface area contributed by atoms with Gasteiger partial charge in [-0.15, -0.1) is 0 Å². The normalized spacial score (nSPS) is 7.38. The molecule has 0 rings (SSSR count). The van der Waals surface area contributed by atoms with E-state index in [1.54, 1.807) is 0 Å². The van der Waals surface area contributed by atoms with Crippen molar-refractivity contribution in [3.63, 3.8) is 0 Å². The number of hydrogen-bond acceptors (Lipinski definition) is 4. The second kappa shape index (κ2) is 8.63. The summed E-state index contributed by atoms with van der Waals surface area (Å²) in [5, 5.41) is 0. The van der Waals surface area contributed by atoms with Gasteiger partial charge in [0, 0.05) is 0 Å². The van der Waals surface area contributed by atoms with Crippen LogP contribution in [0, 0.1) is 0 Å². The average molecular weight is 239 g/mol. The molecule has 0 unspecified atom stereocenters. The fourth-order valence-corrected chi connectivity index (χ4v) is 0. The van der Waals surface area contributed by atoms with Crippen LogP contribution in [0.2, 0.25) is 0 Å². The van der Waals surface area contributed by atoms with Gasteiger partial charge in [-0.3, -0.25) is 0 Å². The molecule has 0 aliphatic rings. The van der Waals surface area contributed by atoms with E-state index in [4.69, 9.17) is 19.2 Å². The molecule has 0 aliphatic carbocycles. The van der Waals surface area contributed by atoms with Crippen molar-refractivity contribution in [2.75, 3.05) is 0 Å². The molecule has 0 saturated heterocycles. The largest absolute Gasteiger partial charge is 3.00 e. The molecule has 8 heavy (non-hydrogen) atoms. The van der Waals surface area contributed by atoms with Crippen LogP contribution in [0.15, 0.2) is 0 Å². The molecule has 0 amide bonds. The molecule has 0 aliphatic heterocycles. The third-order valence-corrected chi connectivity index (χ3v) is 0. The number of hydrogen-bond donors (Lipinski definition) is 0. The van der Waals surface area contributed by atoms with Gasteiger partial charge in [0.25, 0.3) is 0 Å². The van der Waals surface area contributed by atoms with E-state index in [-0.39, 0.29) is 50.3 Å². The van der Waals surface area contributed by atoms with Crippen LogP contribution in [-0.4, -0.2) is 17.4 Å². The molecule has 0 N–H and O–H groups in total. The molecule has 0 radical (unpaired) electrons. The van der Waals surface area contributed by atoms with Crippen molar-refractivity contribution in [1.29, 1.82) is 0 Å². The maximum atomic E-state index is 8.55. The second-order valence-corrected chi connectivity index (χ2v) is 1.34. The first-order valence-corrected chi connectivity index (χ1v) is 2.19. The summed E-state index contributed by atoms with van der Waals surface area (Å²) in [6, 6.07) is 0. The summed E-state index contributed by atoms with van der Waals surface area (Å²) in [5.41, 5.74) is 0. The average Bonchev–Trinajstić information content (AvgIpc) is 0.722. The van der Waals surface area contributed by atoms with Crippen LogP contribution in [0.3, 0.4) is 0 Å². The maximum Gasteiger partial charge on any atom is 3.00 e. The molecule has 0 atom stereocenters. The van der Waals surface area contributed by atoms with Crippen molar-refractivity contribution >= 4 is 25.2 Å². The quantitative estimate of drug-likeness (QED) is 0.329. The van der Waals surface area contributed by atoms with Gasteiger partial charge >= 0.3 is 50.3 Å². The third kappa shape index (κ3) is 126. The Kier molecular flexibility index (Phi) is 24.4. The van der Waals surface area contributed by atoms with E-state index in [1.807, 2.05) is 0 Å². The van der Waals surface area contributed by atoms with Gasteiger partial charge in [0.15, 0.2) is 0 Å². The van der Waals surface area contributed by atoms with Gasteiger partial charge in [-0.25, -0.2) is 0 Å². The van der Waals surface area contributed by atoms with Crippen LogP contribution in [0.4, 0.5) is 0 Å². The summed E-state index contributed by atoms with van der Waals surface area (Å²) in [7, 11) is -5.39. The first kappa shape index (κ1) is 22.6. The van der Waals surface area contributed by atoms with Crippen molar-refractivity contribution in [1.82, 2.24) is 0 Å². The molecule has 0 spiro atoms. The monoisotopic (exact) mass is 238 g/mol. The molecular weight excluding hydrogens is 239 g/mol. The first-order chi connectivity index (χ1) is 2.00. The molecule has 4 nitrogen and oxygen atoms in total. The second-order valence-electron chi connectivity index (χ2n) is 0.447. The third-order valence-electron chi connectivity index (χ3n) is 0. The molecule has 0 heterocycles. The molecule has 0 aromatic carbocycles. The van der Waals surface area contributed by atoms with Crippen molar-refractivity contribution in [3.05, 3.63) is 0 Å². The molecule has 0 bridgehead atoms. The molecule has 0 aromatic heterocycles. The maximum absolute atomic E-state index is 8.55. The van der Waals surface area contributed by atoms with Gasteiger partial charge < -0.3 is 19.2 Å². The van der Waals surface area contributed by atoms with Gasteiger partial charge in [-0.1, -0.05) is 0 Å². The first-order valence-electron chi connectivity index (χ1n) is 0.730. The fraction of sp³-hybridized carbons (Fsp3) is 0. The molecule has 0 saturated carbocycles. The summed E-state index contributed by atoms with van der Waals surface area (Å²) < 4.78 is 8.55. The van der Waals surface area contributed by atoms with Gasteiger partial charge in [0.05, 0.1) is 0 Å². The Balaban J connectivity index is -0.0000000267. The van der Waals surface area contributed by atoms with Gasteiger partial charge in [-0.05, 0) is 0 Å². The minimum absolute atomic E-state index is 0. The van der Waals surface area contributed by atoms with Crippen LogP contribution in [-0.2, 0) is 37.5 Å². The van der Waals surface area contributed by atoms with Crippen LogP contribution in [0.25, 0.3) is 0 Å². The molecular formula is AlNi2O4P+4. The number of rotatable bonds is 0. The summed E-state index contributed by atoms with van der Waals surface area (Å²) in [6.07, 6.45) is 0. The van der Waals surface area contributed by atoms with E-state index in [1.165, 1.54) is 0 Å². The fourth-order valence-electron chi connectivity index (χ4n) is 0. The van der Waals surface area contributed by atoms with Crippen molar-refractivity contribution in [3.8, 4) is 0 Å². The molecule has 0 aromatic rings. The van der Waals surface area contributed by atoms with Crippen LogP contribution < -0.4 is 14.7 Å². The van der Waals surface area contributed by atoms with E-state index in [9.17, 15) is 0 Å². The van der Waals surface area contributed by atoms with E-state index < -0.39 is 7.82 Å². The topological polar surface area (TPSA) is 86.2 Å². The van der Waals surface area contributed by atoms with E-state index >= 15 is 0 Å². The van der Waals surface area contributed by atoms with Crippen LogP contribution >= 0.6 is 7.82 Å². The van der Waals surface area contributed by atoms with E-state index in [0.29, 0.717) is 0 Å². The van der Waals surface area contributed by atoms with Gasteiger partial charge in [-0.2, -0.15) is 7.82 Å². The van der Waals surface area contributed by atoms with Crippen molar-refractivity contribution in [2.24, 2.45) is 0 Å². The smallest absolute Gasteiger partial charge is 0.822 e. The summed E-state index contributed by atoms with van der Waals surface area (Å²) in [6.45, 7) is 0. The minimum atomic E-state index is -5.39. The van der Waals surface area contributed by atoms with E-state index in [2.05, 4.69) is 0 Å². The Bertz CT molecular complexity index is 60.2. The summed E-state index contributed by atoms with van der Waals surface area (Å²) in [4.78, 5) is 25.6. The molecule has 8 heteroatoms. The van der Waals surface area contributed by atoms with Gasteiger partial charge in [0.1, 0.15) is 0 Å². The Morgan fingerprint density at radius 1 is 1.00 bits per heavy atom. The Labute approximate surface area is 77.3 Å². The van der Waals surface area contributed by atoms with Crippen molar-refractivity contribution in [2.45, 2.75) is 0 Å². The van der Waals surface area contributed by atoms with E-state index in [0.717, 1.165) is 0 Å². The zero-order valence-corrected chi connectivity index (χ0v) is 7.31. The Morgan fingerprint density at radius 2 is 1.00 bits per heavy atom. The minimum Gasteiger partial charge on any atom is -0.822 e. The molecule has 48 valence electrons. The van der Waals surface area contributed by atoms with Crippen LogP contribution in [0.5, 0.6) is 0 Å².